The van der Waals surface area contributed by atoms with Gasteiger partial charge in [0.25, 0.3) is 11.8 Å². The Morgan fingerprint density at radius 2 is 1.47 bits per heavy atom. The lowest BCUT2D eigenvalue weighted by molar-refractivity contribution is -0.161. The highest BCUT2D eigenvalue weighted by molar-refractivity contribution is 8.14. The number of likely N-dealkylation sites (N-methyl/N-ethyl adjacent to an activating group) is 3. The van der Waals surface area contributed by atoms with E-state index in [0.29, 0.717) is 11.5 Å². The number of cyclic esters (lactones) is 1. The van der Waals surface area contributed by atoms with Gasteiger partial charge in [-0.15, -0.1) is 11.8 Å². The van der Waals surface area contributed by atoms with Gasteiger partial charge in [-0.1, -0.05) is 47.6 Å². The summed E-state index contributed by atoms with van der Waals surface area (Å²) in [4.78, 5) is 117. The second kappa shape index (κ2) is 23.4. The van der Waals surface area contributed by atoms with Crippen molar-refractivity contribution in [2.75, 3.05) is 33.0 Å². The van der Waals surface area contributed by atoms with Crippen LogP contribution in [0.15, 0.2) is 16.8 Å². The maximum absolute atomic E-state index is 14.0. The molecule has 7 amide bonds. The molecule has 60 heavy (non-hydrogen) atoms. The van der Waals surface area contributed by atoms with E-state index in [1.54, 1.807) is 41.7 Å². The van der Waals surface area contributed by atoms with Crippen molar-refractivity contribution in [2.24, 2.45) is 16.8 Å². The molecule has 0 saturated carbocycles. The van der Waals surface area contributed by atoms with Crippen LogP contribution in [0.2, 0.25) is 0 Å². The van der Waals surface area contributed by atoms with Gasteiger partial charge in [0.1, 0.15) is 48.6 Å². The van der Waals surface area contributed by atoms with Gasteiger partial charge in [-0.2, -0.15) is 0 Å². The molecule has 2 rings (SSSR count). The molecule has 2 aliphatic heterocycles. The van der Waals surface area contributed by atoms with Crippen molar-refractivity contribution in [1.29, 1.82) is 0 Å². The van der Waals surface area contributed by atoms with Crippen LogP contribution in [0.5, 0.6) is 0 Å². The fourth-order valence-electron chi connectivity index (χ4n) is 6.95. The Labute approximate surface area is 357 Å². The van der Waals surface area contributed by atoms with Crippen molar-refractivity contribution in [1.82, 2.24) is 36.0 Å². The summed E-state index contributed by atoms with van der Waals surface area (Å²) in [7, 11) is 2.84. The first-order valence-electron chi connectivity index (χ1n) is 20.5. The number of hydrogen-bond donors (Lipinski definition) is 6. The van der Waals surface area contributed by atoms with Crippen LogP contribution in [0, 0.1) is 11.8 Å². The Kier molecular flexibility index (Phi) is 20.2. The van der Waals surface area contributed by atoms with Crippen molar-refractivity contribution >= 4 is 64.1 Å². The minimum Gasteiger partial charge on any atom is -0.461 e. The Balaban J connectivity index is 2.63. The summed E-state index contributed by atoms with van der Waals surface area (Å²) in [5, 5.41) is 32.1. The Morgan fingerprint density at radius 3 is 1.98 bits per heavy atom. The Morgan fingerprint density at radius 1 is 0.850 bits per heavy atom. The number of nitrogens with zero attached hydrogens (tertiary/aromatic N) is 4. The maximum atomic E-state index is 14.0. The molecule has 6 N–H and O–H groups in total. The Hall–Kier alpha value is -4.56. The van der Waals surface area contributed by atoms with Gasteiger partial charge in [-0.3, -0.25) is 38.6 Å². The van der Waals surface area contributed by atoms with E-state index < -0.39 is 114 Å². The number of thioether (sulfide) groups is 1. The largest absolute Gasteiger partial charge is 0.461 e. The topological polar surface area (TPSA) is 256 Å². The number of aliphatic hydroxyl groups is 2. The van der Waals surface area contributed by atoms with Gasteiger partial charge >= 0.3 is 5.97 Å². The third-order valence-electron chi connectivity index (χ3n) is 10.3. The molecular weight excluding hydrogens is 801 g/mol. The zero-order chi connectivity index (χ0) is 45.8. The zero-order valence-corrected chi connectivity index (χ0v) is 37.8. The lowest BCUT2D eigenvalue weighted by Gasteiger charge is -2.35. The summed E-state index contributed by atoms with van der Waals surface area (Å²) in [6, 6.07) is -7.78. The number of ether oxygens (including phenoxy) is 1. The second-order valence-corrected chi connectivity index (χ2v) is 16.8. The van der Waals surface area contributed by atoms with Crippen molar-refractivity contribution in [3.05, 3.63) is 11.8 Å². The smallest absolute Gasteiger partial charge is 0.329 e. The molecule has 0 spiro atoms. The molecule has 9 unspecified atom stereocenters. The molecule has 19 nitrogen and oxygen atoms in total. The summed E-state index contributed by atoms with van der Waals surface area (Å²) in [5.74, 6) is -6.52. The van der Waals surface area contributed by atoms with E-state index in [-0.39, 0.29) is 36.8 Å². The Bertz CT molecular complexity index is 1650. The summed E-state index contributed by atoms with van der Waals surface area (Å²) in [6.45, 7) is 15.5. The molecule has 0 aliphatic carbocycles. The molecule has 0 aromatic carbocycles. The van der Waals surface area contributed by atoms with E-state index >= 15 is 0 Å². The molecule has 2 aliphatic rings. The predicted molar refractivity (Wildman–Crippen MR) is 225 cm³/mol. The number of aliphatic hydroxyl groups excluding tert-OH is 2. The number of carbonyl (C=O) groups is 8. The SMILES string of the molecule is C/C=C1\NC(=O)C2CSC(=N2)C(CC)N(C)C(=O)C(CC(C)C)NC(=O)C(C)NC(=O)C(O)COC(=O)C(C(C)C)N(C)C(=O)C(C(C)O)NC(=O)C(CC)N(CC)C1=O. The lowest BCUT2D eigenvalue weighted by atomic mass is 10.0. The zero-order valence-electron chi connectivity index (χ0n) is 36.9. The van der Waals surface area contributed by atoms with E-state index in [2.05, 4.69) is 26.3 Å². The molecule has 20 heteroatoms. The highest BCUT2D eigenvalue weighted by Crippen LogP contribution is 2.26. The van der Waals surface area contributed by atoms with Gasteiger partial charge in [-0.25, -0.2) is 4.79 Å². The minimum atomic E-state index is -1.92. The van der Waals surface area contributed by atoms with Gasteiger partial charge in [0.15, 0.2) is 6.10 Å². The van der Waals surface area contributed by atoms with Crippen LogP contribution in [-0.4, -0.2) is 165 Å². The first-order chi connectivity index (χ1) is 28.1. The summed E-state index contributed by atoms with van der Waals surface area (Å²) in [5.41, 5.74) is -0.113. The van der Waals surface area contributed by atoms with Crippen molar-refractivity contribution in [3.63, 3.8) is 0 Å². The summed E-state index contributed by atoms with van der Waals surface area (Å²) in [6.07, 6.45) is -1.24. The minimum absolute atomic E-state index is 0.0214. The molecule has 2 bridgehead atoms. The van der Waals surface area contributed by atoms with Crippen LogP contribution in [0.1, 0.15) is 88.5 Å². The average molecular weight is 867 g/mol. The fraction of sp³-hybridized carbons (Fsp3) is 0.725. The first-order valence-corrected chi connectivity index (χ1v) is 21.5. The second-order valence-electron chi connectivity index (χ2n) is 15.8. The monoisotopic (exact) mass is 866 g/mol. The van der Waals surface area contributed by atoms with E-state index in [9.17, 15) is 48.6 Å². The first kappa shape index (κ1) is 51.6. The number of allylic oxidation sites excluding steroid dienone is 1. The standard InChI is InChI=1S/C40H66N8O11S/c1-13-24-38(56)48(16-4)27(14-2)34(53)45-30(23(10)49)39(57)47(12)31(21(7)8)40(58)59-18-29(50)35(54)41-22(9)32(51)43-25(17-20(5)6)37(55)46(11)28(15-3)36-44-26(19-60-36)33(52)42-24/h13,20-23,25-31,49-50H,14-19H2,1-12H3,(H,41,54)(H,42,52)(H,43,51)(H,45,53)/b24-13-. The van der Waals surface area contributed by atoms with Gasteiger partial charge < -0.3 is 50.9 Å². The molecule has 0 radical (unpaired) electrons. The van der Waals surface area contributed by atoms with E-state index in [0.717, 1.165) is 4.90 Å². The van der Waals surface area contributed by atoms with Gasteiger partial charge in [0.05, 0.1) is 17.2 Å². The van der Waals surface area contributed by atoms with E-state index in [1.807, 2.05) is 20.8 Å². The number of amides is 7. The quantitative estimate of drug-likeness (QED) is 0.142. The normalized spacial score (nSPS) is 29.4. The van der Waals surface area contributed by atoms with Crippen LogP contribution in [0.25, 0.3) is 0 Å². The molecule has 9 atom stereocenters. The highest BCUT2D eigenvalue weighted by Gasteiger charge is 2.40. The fourth-order valence-corrected chi connectivity index (χ4v) is 8.23. The lowest BCUT2D eigenvalue weighted by Crippen LogP contribution is -2.60. The third kappa shape index (κ3) is 13.2. The summed E-state index contributed by atoms with van der Waals surface area (Å²) < 4.78 is 5.27. The van der Waals surface area contributed by atoms with Gasteiger partial charge in [-0.05, 0) is 58.8 Å². The van der Waals surface area contributed by atoms with Crippen LogP contribution >= 0.6 is 11.8 Å². The number of rotatable bonds is 7. The van der Waals surface area contributed by atoms with Crippen LogP contribution in [-0.2, 0) is 43.1 Å². The molecule has 0 fully saturated rings. The van der Waals surface area contributed by atoms with Crippen molar-refractivity contribution < 1.29 is 53.3 Å². The van der Waals surface area contributed by atoms with Crippen molar-refractivity contribution in [3.8, 4) is 0 Å². The molecule has 2 heterocycles. The van der Waals surface area contributed by atoms with Crippen LogP contribution < -0.4 is 21.3 Å². The van der Waals surface area contributed by atoms with Crippen LogP contribution in [0.4, 0.5) is 0 Å². The van der Waals surface area contributed by atoms with E-state index in [1.165, 1.54) is 48.5 Å². The molecular formula is C40H66N8O11S. The number of nitrogens with one attached hydrogen (secondary N) is 4. The van der Waals surface area contributed by atoms with E-state index in [4.69, 9.17) is 4.74 Å². The molecule has 0 aromatic heterocycles. The predicted octanol–water partition coefficient (Wildman–Crippen LogP) is -0.314. The number of carbonyl (C=O) groups excluding carboxylic acids is 8. The number of fused-ring (bicyclic) bond motifs is 1. The maximum Gasteiger partial charge on any atom is 0.329 e. The highest BCUT2D eigenvalue weighted by atomic mass is 32.2. The number of aliphatic imine (C=N–C) groups is 1. The number of hydrogen-bond acceptors (Lipinski definition) is 13. The summed E-state index contributed by atoms with van der Waals surface area (Å²) >= 11 is 1.29. The van der Waals surface area contributed by atoms with Gasteiger partial charge in [0.2, 0.25) is 29.5 Å². The van der Waals surface area contributed by atoms with Crippen molar-refractivity contribution in [2.45, 2.75) is 143 Å². The molecule has 338 valence electrons. The number of esters is 1. The molecule has 0 saturated heterocycles. The molecule has 0 aromatic rings. The van der Waals surface area contributed by atoms with Crippen LogP contribution in [0.3, 0.4) is 0 Å². The average Bonchev–Trinajstić information content (AvgIpc) is 3.68. The third-order valence-corrected chi connectivity index (χ3v) is 11.5. The van der Waals surface area contributed by atoms with Gasteiger partial charge in [0, 0.05) is 26.4 Å².